The smallest absolute Gasteiger partial charge is 0.413 e. The van der Waals surface area contributed by atoms with Crippen LogP contribution in [0, 0.1) is 12.7 Å². The van der Waals surface area contributed by atoms with E-state index >= 15 is 4.39 Å². The van der Waals surface area contributed by atoms with Crippen LogP contribution in [0.1, 0.15) is 59.2 Å². The number of anilines is 3. The van der Waals surface area contributed by atoms with Gasteiger partial charge in [0.25, 0.3) is 0 Å². The minimum absolute atomic E-state index is 0.0358. The Morgan fingerprint density at radius 2 is 1.62 bits per heavy atom. The number of halogens is 1. The average Bonchev–Trinajstić information content (AvgIpc) is 2.94. The highest BCUT2D eigenvalue weighted by Crippen LogP contribution is 2.41. The van der Waals surface area contributed by atoms with Crippen LogP contribution in [0.25, 0.3) is 21.9 Å². The number of benzene rings is 1. The second-order valence-corrected chi connectivity index (χ2v) is 13.7. The number of aromatic nitrogens is 2. The summed E-state index contributed by atoms with van der Waals surface area (Å²) in [6.45, 7) is 12.6. The molecule has 256 valence electrons. The number of ether oxygens (including phenoxy) is 3. The first-order valence-electron chi connectivity index (χ1n) is 15.5. The Balaban J connectivity index is 1.46. The van der Waals surface area contributed by atoms with Crippen LogP contribution < -0.4 is 15.5 Å². The van der Waals surface area contributed by atoms with Crippen molar-refractivity contribution in [3.63, 3.8) is 0 Å². The third-order valence-electron chi connectivity index (χ3n) is 7.56. The van der Waals surface area contributed by atoms with Gasteiger partial charge in [-0.15, -0.1) is 0 Å². The fourth-order valence-electron chi connectivity index (χ4n) is 5.50. The summed E-state index contributed by atoms with van der Waals surface area (Å²) in [5.74, 6) is -0.730. The Labute approximate surface area is 276 Å². The summed E-state index contributed by atoms with van der Waals surface area (Å²) in [6, 6.07) is 3.00. The van der Waals surface area contributed by atoms with Crippen molar-refractivity contribution in [2.45, 2.75) is 78.6 Å². The number of amides is 4. The van der Waals surface area contributed by atoms with Gasteiger partial charge in [-0.05, 0) is 84.4 Å². The summed E-state index contributed by atoms with van der Waals surface area (Å²) >= 11 is 0. The van der Waals surface area contributed by atoms with E-state index in [9.17, 15) is 24.3 Å². The van der Waals surface area contributed by atoms with E-state index in [0.29, 0.717) is 40.7 Å². The van der Waals surface area contributed by atoms with Crippen LogP contribution in [0.5, 0.6) is 0 Å². The molecule has 0 radical (unpaired) electrons. The maximum Gasteiger partial charge on any atom is 0.413 e. The molecule has 2 aromatic heterocycles. The third kappa shape index (κ3) is 7.50. The molecule has 0 saturated carbocycles. The van der Waals surface area contributed by atoms with Crippen molar-refractivity contribution in [3.05, 3.63) is 41.6 Å². The lowest BCUT2D eigenvalue weighted by Crippen LogP contribution is -2.56. The zero-order chi connectivity index (χ0) is 35.1. The van der Waals surface area contributed by atoms with Gasteiger partial charge < -0.3 is 24.2 Å². The van der Waals surface area contributed by atoms with Gasteiger partial charge in [0, 0.05) is 35.5 Å². The first kappa shape index (κ1) is 34.1. The number of carbonyl (C=O) groups is 4. The molecule has 0 atom stereocenters. The number of rotatable bonds is 4. The number of aryl methyl sites for hydroxylation is 1. The van der Waals surface area contributed by atoms with Gasteiger partial charge in [-0.3, -0.25) is 20.5 Å². The largest absolute Gasteiger partial charge is 0.465 e. The van der Waals surface area contributed by atoms with Crippen LogP contribution in [0.15, 0.2) is 24.5 Å². The molecular weight excluding hydrogens is 627 g/mol. The molecule has 2 aliphatic heterocycles. The molecule has 1 saturated heterocycles. The van der Waals surface area contributed by atoms with E-state index in [-0.39, 0.29) is 42.1 Å². The number of carboxylic acid groups (broad SMARTS) is 1. The molecule has 0 spiro atoms. The van der Waals surface area contributed by atoms with Crippen molar-refractivity contribution in [2.75, 3.05) is 35.2 Å². The predicted molar refractivity (Wildman–Crippen MR) is 175 cm³/mol. The Kier molecular flexibility index (Phi) is 9.08. The summed E-state index contributed by atoms with van der Waals surface area (Å²) < 4.78 is 32.6. The second-order valence-electron chi connectivity index (χ2n) is 13.7. The zero-order valence-corrected chi connectivity index (χ0v) is 27.9. The molecular formula is C33H39FN6O8. The highest BCUT2D eigenvalue weighted by atomic mass is 19.1. The molecule has 5 rings (SSSR count). The Morgan fingerprint density at radius 3 is 2.27 bits per heavy atom. The van der Waals surface area contributed by atoms with Gasteiger partial charge in [0.1, 0.15) is 23.1 Å². The van der Waals surface area contributed by atoms with Crippen LogP contribution in [0.2, 0.25) is 0 Å². The van der Waals surface area contributed by atoms with Gasteiger partial charge in [0.15, 0.2) is 5.82 Å². The third-order valence-corrected chi connectivity index (χ3v) is 7.56. The molecule has 1 fully saturated rings. The molecule has 3 N–H and O–H groups in total. The molecule has 14 nitrogen and oxygen atoms in total. The van der Waals surface area contributed by atoms with Gasteiger partial charge in [-0.25, -0.2) is 28.6 Å². The van der Waals surface area contributed by atoms with Crippen molar-refractivity contribution in [1.29, 1.82) is 0 Å². The van der Waals surface area contributed by atoms with Crippen LogP contribution in [-0.2, 0) is 20.6 Å². The summed E-state index contributed by atoms with van der Waals surface area (Å²) in [4.78, 5) is 61.1. The lowest BCUT2D eigenvalue weighted by atomic mass is 9.94. The number of carbonyl (C=O) groups excluding carboxylic acids is 3. The highest BCUT2D eigenvalue weighted by molar-refractivity contribution is 6.04. The molecule has 0 bridgehead atoms. The SMILES string of the molecule is Cc1c(-c2cc3cc(NC(=O)OC4CN(C(=O)OC(C)(C)C)C4)ncc3c(NC(=O)OC(C)(C)C)c2F)cnc2c1N(C(=O)O)CCC2. The van der Waals surface area contributed by atoms with Crippen LogP contribution in [0.4, 0.5) is 40.8 Å². The minimum Gasteiger partial charge on any atom is -0.465 e. The standard InChI is InChI=1S/C33H39FN6O8/c1-17-21(13-35-23-9-8-10-40(27(17)23)30(43)44)20-11-18-12-24(36-14-22(18)26(25(20)34)38-29(42)47-32(2,3)4)37-28(41)46-19-15-39(16-19)31(45)48-33(5,6)7/h11-14,19H,8-10,15-16H2,1-7H3,(H,38,42)(H,43,44)(H,36,37,41). The lowest BCUT2D eigenvalue weighted by molar-refractivity contribution is -0.0339. The van der Waals surface area contributed by atoms with E-state index in [2.05, 4.69) is 20.6 Å². The van der Waals surface area contributed by atoms with Crippen molar-refractivity contribution < 1.29 is 42.9 Å². The fraction of sp³-hybridized carbons (Fsp3) is 0.455. The van der Waals surface area contributed by atoms with Crippen LogP contribution in [-0.4, -0.2) is 81.3 Å². The fourth-order valence-corrected chi connectivity index (χ4v) is 5.50. The van der Waals surface area contributed by atoms with Gasteiger partial charge >= 0.3 is 24.4 Å². The van der Waals surface area contributed by atoms with Crippen molar-refractivity contribution >= 4 is 52.3 Å². The lowest BCUT2D eigenvalue weighted by Gasteiger charge is -2.38. The maximum absolute atomic E-state index is 16.4. The first-order chi connectivity index (χ1) is 22.4. The van der Waals surface area contributed by atoms with E-state index in [1.165, 1.54) is 34.3 Å². The molecule has 3 aromatic rings. The van der Waals surface area contributed by atoms with Gasteiger partial charge in [0.05, 0.1) is 30.2 Å². The number of fused-ring (bicyclic) bond motifs is 2. The van der Waals surface area contributed by atoms with E-state index in [1.54, 1.807) is 48.5 Å². The first-order valence-corrected chi connectivity index (χ1v) is 15.5. The molecule has 4 amide bonds. The van der Waals surface area contributed by atoms with E-state index < -0.39 is 47.5 Å². The Morgan fingerprint density at radius 1 is 0.938 bits per heavy atom. The van der Waals surface area contributed by atoms with Gasteiger partial charge in [0.2, 0.25) is 0 Å². The zero-order valence-electron chi connectivity index (χ0n) is 27.9. The van der Waals surface area contributed by atoms with E-state index in [0.717, 1.165) is 0 Å². The number of nitrogens with one attached hydrogen (secondary N) is 2. The van der Waals surface area contributed by atoms with Gasteiger partial charge in [-0.1, -0.05) is 0 Å². The molecule has 15 heteroatoms. The number of hydrogen-bond acceptors (Lipinski definition) is 9. The minimum atomic E-state index is -1.14. The predicted octanol–water partition coefficient (Wildman–Crippen LogP) is 6.69. The van der Waals surface area contributed by atoms with Crippen molar-refractivity contribution in [3.8, 4) is 11.1 Å². The molecule has 0 unspecified atom stereocenters. The average molecular weight is 667 g/mol. The molecule has 48 heavy (non-hydrogen) atoms. The number of likely N-dealkylation sites (tertiary alicyclic amines) is 1. The number of pyridine rings is 2. The quantitative estimate of drug-likeness (QED) is 0.255. The monoisotopic (exact) mass is 666 g/mol. The number of hydrogen-bond donors (Lipinski definition) is 3. The van der Waals surface area contributed by atoms with Gasteiger partial charge in [-0.2, -0.15) is 0 Å². The summed E-state index contributed by atoms with van der Waals surface area (Å²) in [6.07, 6.45) is 0.0525. The second kappa shape index (κ2) is 12.8. The van der Waals surface area contributed by atoms with Crippen molar-refractivity contribution in [1.82, 2.24) is 14.9 Å². The van der Waals surface area contributed by atoms with E-state index in [1.807, 2.05) is 0 Å². The highest BCUT2D eigenvalue weighted by Gasteiger charge is 2.36. The van der Waals surface area contributed by atoms with Crippen LogP contribution in [0.3, 0.4) is 0 Å². The number of nitrogens with zero attached hydrogens (tertiary/aromatic N) is 4. The topological polar surface area (TPSA) is 173 Å². The Hall–Kier alpha value is -5.21. The normalized spacial score (nSPS) is 14.9. The molecule has 0 aliphatic carbocycles. The Bertz CT molecular complexity index is 1800. The molecule has 1 aromatic carbocycles. The van der Waals surface area contributed by atoms with Crippen molar-refractivity contribution in [2.24, 2.45) is 0 Å². The summed E-state index contributed by atoms with van der Waals surface area (Å²) in [5, 5.41) is 15.5. The van der Waals surface area contributed by atoms with Crippen LogP contribution >= 0.6 is 0 Å². The van der Waals surface area contributed by atoms with E-state index in [4.69, 9.17) is 14.2 Å². The maximum atomic E-state index is 16.4. The molecule has 4 heterocycles. The summed E-state index contributed by atoms with van der Waals surface area (Å²) in [5.41, 5.74) is 0.103. The summed E-state index contributed by atoms with van der Waals surface area (Å²) in [7, 11) is 0. The molecule has 2 aliphatic rings.